The SMILES string of the molecule is CC(=O)N1CCNc2cc(F)c(C)cc21. The van der Waals surface area contributed by atoms with Crippen LogP contribution in [0.15, 0.2) is 12.1 Å². The quantitative estimate of drug-likeness (QED) is 0.706. The molecule has 1 aliphatic rings. The first-order valence-corrected chi connectivity index (χ1v) is 4.91. The summed E-state index contributed by atoms with van der Waals surface area (Å²) in [7, 11) is 0. The predicted molar refractivity (Wildman–Crippen MR) is 57.7 cm³/mol. The van der Waals surface area contributed by atoms with Crippen molar-refractivity contribution in [2.24, 2.45) is 0 Å². The van der Waals surface area contributed by atoms with Crippen LogP contribution in [0.2, 0.25) is 0 Å². The highest BCUT2D eigenvalue weighted by Gasteiger charge is 2.20. The maximum Gasteiger partial charge on any atom is 0.223 e. The van der Waals surface area contributed by atoms with E-state index in [2.05, 4.69) is 5.32 Å². The van der Waals surface area contributed by atoms with Gasteiger partial charge in [0.2, 0.25) is 5.91 Å². The number of nitrogens with one attached hydrogen (secondary N) is 1. The Morgan fingerprint density at radius 1 is 1.53 bits per heavy atom. The van der Waals surface area contributed by atoms with E-state index in [1.165, 1.54) is 13.0 Å². The molecule has 0 unspecified atom stereocenters. The number of fused-ring (bicyclic) bond motifs is 1. The zero-order valence-electron chi connectivity index (χ0n) is 8.80. The third-order valence-electron chi connectivity index (χ3n) is 2.60. The van der Waals surface area contributed by atoms with Gasteiger partial charge >= 0.3 is 0 Å². The number of anilines is 2. The summed E-state index contributed by atoms with van der Waals surface area (Å²) in [4.78, 5) is 13.0. The van der Waals surface area contributed by atoms with Crippen LogP contribution in [0, 0.1) is 12.7 Å². The number of hydrogen-bond donors (Lipinski definition) is 1. The van der Waals surface area contributed by atoms with Gasteiger partial charge in [0.25, 0.3) is 0 Å². The minimum Gasteiger partial charge on any atom is -0.381 e. The van der Waals surface area contributed by atoms with Gasteiger partial charge in [-0.25, -0.2) is 4.39 Å². The van der Waals surface area contributed by atoms with Crippen LogP contribution in [-0.2, 0) is 4.79 Å². The van der Waals surface area contributed by atoms with E-state index in [0.717, 1.165) is 5.69 Å². The van der Waals surface area contributed by atoms with Gasteiger partial charge in [0, 0.05) is 20.0 Å². The molecule has 4 heteroatoms. The summed E-state index contributed by atoms with van der Waals surface area (Å²) in [5.41, 5.74) is 2.02. The van der Waals surface area contributed by atoms with E-state index in [4.69, 9.17) is 0 Å². The summed E-state index contributed by atoms with van der Waals surface area (Å²) in [6.07, 6.45) is 0. The smallest absolute Gasteiger partial charge is 0.223 e. The van der Waals surface area contributed by atoms with Gasteiger partial charge in [-0.1, -0.05) is 0 Å². The lowest BCUT2D eigenvalue weighted by Crippen LogP contribution is -2.37. The second-order valence-corrected chi connectivity index (χ2v) is 3.72. The molecule has 1 aliphatic heterocycles. The van der Waals surface area contributed by atoms with E-state index in [1.54, 1.807) is 17.9 Å². The van der Waals surface area contributed by atoms with E-state index >= 15 is 0 Å². The molecule has 15 heavy (non-hydrogen) atoms. The first kappa shape index (κ1) is 9.96. The second-order valence-electron chi connectivity index (χ2n) is 3.72. The monoisotopic (exact) mass is 208 g/mol. The number of carbonyl (C=O) groups excluding carboxylic acids is 1. The molecule has 1 amide bonds. The molecule has 0 fully saturated rings. The summed E-state index contributed by atoms with van der Waals surface area (Å²) in [5, 5.41) is 3.08. The lowest BCUT2D eigenvalue weighted by Gasteiger charge is -2.29. The highest BCUT2D eigenvalue weighted by molar-refractivity contribution is 5.96. The van der Waals surface area contributed by atoms with Crippen LogP contribution in [0.5, 0.6) is 0 Å². The van der Waals surface area contributed by atoms with Gasteiger partial charge in [0.15, 0.2) is 0 Å². The summed E-state index contributed by atoms with van der Waals surface area (Å²) in [6, 6.07) is 3.15. The molecule has 1 aromatic carbocycles. The Kier molecular flexibility index (Phi) is 2.34. The Morgan fingerprint density at radius 2 is 2.27 bits per heavy atom. The topological polar surface area (TPSA) is 32.3 Å². The Balaban J connectivity index is 2.51. The fourth-order valence-electron chi connectivity index (χ4n) is 1.78. The van der Waals surface area contributed by atoms with Crippen molar-refractivity contribution in [3.05, 3.63) is 23.5 Å². The van der Waals surface area contributed by atoms with E-state index < -0.39 is 0 Å². The summed E-state index contributed by atoms with van der Waals surface area (Å²) in [5.74, 6) is -0.254. The fourth-order valence-corrected chi connectivity index (χ4v) is 1.78. The minimum atomic E-state index is -0.244. The van der Waals surface area contributed by atoms with Crippen LogP contribution >= 0.6 is 0 Å². The molecular weight excluding hydrogens is 195 g/mol. The standard InChI is InChI=1S/C11H13FN2O/c1-7-5-11-10(6-9(7)12)13-3-4-14(11)8(2)15/h5-6,13H,3-4H2,1-2H3. The molecule has 0 aliphatic carbocycles. The molecule has 1 N–H and O–H groups in total. The van der Waals surface area contributed by atoms with Crippen molar-refractivity contribution in [1.82, 2.24) is 0 Å². The molecule has 3 nitrogen and oxygen atoms in total. The van der Waals surface area contributed by atoms with Crippen molar-refractivity contribution in [1.29, 1.82) is 0 Å². The van der Waals surface area contributed by atoms with E-state index in [1.807, 2.05) is 0 Å². The van der Waals surface area contributed by atoms with Gasteiger partial charge < -0.3 is 10.2 Å². The average molecular weight is 208 g/mol. The Hall–Kier alpha value is -1.58. The van der Waals surface area contributed by atoms with E-state index in [-0.39, 0.29) is 11.7 Å². The van der Waals surface area contributed by atoms with Gasteiger partial charge in [0.05, 0.1) is 11.4 Å². The molecule has 2 rings (SSSR count). The lowest BCUT2D eigenvalue weighted by molar-refractivity contribution is -0.116. The van der Waals surface area contributed by atoms with E-state index in [9.17, 15) is 9.18 Å². The predicted octanol–water partition coefficient (Wildman–Crippen LogP) is 1.91. The summed E-state index contributed by atoms with van der Waals surface area (Å²) >= 11 is 0. The number of rotatable bonds is 0. The third-order valence-corrected chi connectivity index (χ3v) is 2.60. The number of nitrogens with zero attached hydrogens (tertiary/aromatic N) is 1. The Labute approximate surface area is 87.9 Å². The maximum absolute atomic E-state index is 13.3. The van der Waals surface area contributed by atoms with E-state index in [0.29, 0.717) is 24.3 Å². The van der Waals surface area contributed by atoms with Gasteiger partial charge in [-0.2, -0.15) is 0 Å². The normalized spacial score (nSPS) is 14.5. The summed E-state index contributed by atoms with van der Waals surface area (Å²) < 4.78 is 13.3. The highest BCUT2D eigenvalue weighted by atomic mass is 19.1. The molecule has 0 spiro atoms. The van der Waals surface area contributed by atoms with Crippen molar-refractivity contribution in [2.45, 2.75) is 13.8 Å². The summed E-state index contributed by atoms with van der Waals surface area (Å²) in [6.45, 7) is 4.51. The number of amides is 1. The molecule has 0 bridgehead atoms. The molecular formula is C11H13FN2O. The fraction of sp³-hybridized carbons (Fsp3) is 0.364. The lowest BCUT2D eigenvalue weighted by atomic mass is 10.1. The molecule has 1 heterocycles. The van der Waals surface area contributed by atoms with Crippen LogP contribution in [-0.4, -0.2) is 19.0 Å². The molecule has 0 atom stereocenters. The van der Waals surface area contributed by atoms with Crippen LogP contribution < -0.4 is 10.2 Å². The molecule has 0 aromatic heterocycles. The third kappa shape index (κ3) is 1.67. The molecule has 0 radical (unpaired) electrons. The highest BCUT2D eigenvalue weighted by Crippen LogP contribution is 2.31. The molecule has 80 valence electrons. The first-order valence-electron chi connectivity index (χ1n) is 4.91. The van der Waals surface area contributed by atoms with Crippen LogP contribution in [0.25, 0.3) is 0 Å². The van der Waals surface area contributed by atoms with Crippen LogP contribution in [0.4, 0.5) is 15.8 Å². The maximum atomic E-state index is 13.3. The minimum absolute atomic E-state index is 0.0104. The molecule has 0 saturated carbocycles. The molecule has 0 saturated heterocycles. The first-order chi connectivity index (χ1) is 7.09. The van der Waals surface area contributed by atoms with Gasteiger partial charge in [-0.05, 0) is 24.6 Å². The molecule has 1 aromatic rings. The van der Waals surface area contributed by atoms with Crippen molar-refractivity contribution in [2.75, 3.05) is 23.3 Å². The zero-order valence-corrected chi connectivity index (χ0v) is 8.80. The number of hydrogen-bond acceptors (Lipinski definition) is 2. The van der Waals surface area contributed by atoms with Crippen molar-refractivity contribution in [3.8, 4) is 0 Å². The van der Waals surface area contributed by atoms with Crippen LogP contribution in [0.3, 0.4) is 0 Å². The Morgan fingerprint density at radius 3 is 2.93 bits per heavy atom. The Bertz CT molecular complexity index is 417. The number of aryl methyl sites for hydroxylation is 1. The van der Waals surface area contributed by atoms with Crippen LogP contribution in [0.1, 0.15) is 12.5 Å². The van der Waals surface area contributed by atoms with Gasteiger partial charge in [-0.3, -0.25) is 4.79 Å². The number of benzene rings is 1. The van der Waals surface area contributed by atoms with Crippen molar-refractivity contribution < 1.29 is 9.18 Å². The van der Waals surface area contributed by atoms with Crippen molar-refractivity contribution >= 4 is 17.3 Å². The van der Waals surface area contributed by atoms with Gasteiger partial charge in [-0.15, -0.1) is 0 Å². The van der Waals surface area contributed by atoms with Crippen molar-refractivity contribution in [3.63, 3.8) is 0 Å². The van der Waals surface area contributed by atoms with Gasteiger partial charge in [0.1, 0.15) is 5.82 Å². The number of carbonyl (C=O) groups is 1. The number of halogens is 1. The second kappa shape index (κ2) is 3.53. The largest absolute Gasteiger partial charge is 0.381 e. The average Bonchev–Trinajstić information content (AvgIpc) is 2.18. The zero-order chi connectivity index (χ0) is 11.0.